The summed E-state index contributed by atoms with van der Waals surface area (Å²) in [5.41, 5.74) is 6.13. The number of halogens is 1. The molecule has 0 radical (unpaired) electrons. The van der Waals surface area contributed by atoms with Gasteiger partial charge in [0.25, 0.3) is 0 Å². The molecule has 1 aromatic heterocycles. The number of nitrogens with two attached hydrogens (primary N) is 1. The molecule has 0 aliphatic carbocycles. The van der Waals surface area contributed by atoms with Crippen LogP contribution in [0.2, 0.25) is 5.02 Å². The van der Waals surface area contributed by atoms with E-state index in [1.54, 1.807) is 31.2 Å². The maximum Gasteiger partial charge on any atom is 0.236 e. The molecular formula is C14H15ClN2O3S. The van der Waals surface area contributed by atoms with Crippen LogP contribution in [0.5, 0.6) is 0 Å². The molecule has 1 amide bonds. The van der Waals surface area contributed by atoms with Gasteiger partial charge in [-0.15, -0.1) is 0 Å². The van der Waals surface area contributed by atoms with E-state index in [0.29, 0.717) is 21.4 Å². The average Bonchev–Trinajstić information content (AvgIpc) is 2.99. The lowest BCUT2D eigenvalue weighted by molar-refractivity contribution is -0.120. The fourth-order valence-electron chi connectivity index (χ4n) is 1.70. The molecule has 0 fully saturated rings. The average molecular weight is 327 g/mol. The van der Waals surface area contributed by atoms with E-state index < -0.39 is 16.0 Å². The van der Waals surface area contributed by atoms with Gasteiger partial charge in [-0.1, -0.05) is 11.6 Å². The highest BCUT2D eigenvalue weighted by molar-refractivity contribution is 7.86. The van der Waals surface area contributed by atoms with E-state index in [0.717, 1.165) is 0 Å². The summed E-state index contributed by atoms with van der Waals surface area (Å²) in [6.07, 6.45) is 1.52. The first-order chi connectivity index (χ1) is 9.99. The summed E-state index contributed by atoms with van der Waals surface area (Å²) >= 11 is 5.87. The maximum absolute atomic E-state index is 12.4. The number of carbonyl (C=O) groups excluding carboxylic acids is 1. The number of benzene rings is 1. The van der Waals surface area contributed by atoms with Crippen LogP contribution in [0.4, 0.5) is 5.69 Å². The Hall–Kier alpha value is -1.79. The van der Waals surface area contributed by atoms with Crippen LogP contribution >= 0.6 is 11.6 Å². The van der Waals surface area contributed by atoms with Crippen molar-refractivity contribution in [2.45, 2.75) is 23.6 Å². The van der Waals surface area contributed by atoms with Crippen LogP contribution in [0.3, 0.4) is 0 Å². The minimum absolute atomic E-state index is 0.248. The molecule has 2 rings (SSSR count). The first-order valence-corrected chi connectivity index (χ1v) is 7.84. The molecule has 3 N–H and O–H groups in total. The predicted molar refractivity (Wildman–Crippen MR) is 82.3 cm³/mol. The Kier molecular flexibility index (Phi) is 5.03. The van der Waals surface area contributed by atoms with Crippen LogP contribution in [0, 0.1) is 0 Å². The lowest BCUT2D eigenvalue weighted by atomic mass is 10.3. The van der Waals surface area contributed by atoms with Crippen molar-refractivity contribution >= 4 is 34.0 Å². The van der Waals surface area contributed by atoms with Crippen LogP contribution in [-0.2, 0) is 22.1 Å². The van der Waals surface area contributed by atoms with E-state index in [4.69, 9.17) is 21.8 Å². The van der Waals surface area contributed by atoms with Crippen LogP contribution in [0.1, 0.15) is 12.7 Å². The minimum Gasteiger partial charge on any atom is -0.467 e. The molecule has 2 aromatic rings. The molecule has 1 heterocycles. The molecule has 5 nitrogen and oxygen atoms in total. The van der Waals surface area contributed by atoms with Crippen molar-refractivity contribution in [2.75, 3.05) is 5.73 Å². The first kappa shape index (κ1) is 15.6. The van der Waals surface area contributed by atoms with Gasteiger partial charge in [0.05, 0.1) is 28.5 Å². The van der Waals surface area contributed by atoms with Crippen molar-refractivity contribution in [1.29, 1.82) is 0 Å². The quantitative estimate of drug-likeness (QED) is 0.826. The first-order valence-electron chi connectivity index (χ1n) is 6.24. The number of carbonyl (C=O) groups is 1. The second kappa shape index (κ2) is 6.78. The van der Waals surface area contributed by atoms with Crippen molar-refractivity contribution in [3.05, 3.63) is 47.4 Å². The summed E-state index contributed by atoms with van der Waals surface area (Å²) < 4.78 is 17.5. The zero-order valence-electron chi connectivity index (χ0n) is 11.3. The van der Waals surface area contributed by atoms with Crippen molar-refractivity contribution in [2.24, 2.45) is 0 Å². The van der Waals surface area contributed by atoms with Crippen LogP contribution in [0.25, 0.3) is 0 Å². The van der Waals surface area contributed by atoms with Crippen LogP contribution < -0.4 is 11.1 Å². The van der Waals surface area contributed by atoms with E-state index in [9.17, 15) is 9.00 Å². The lowest BCUT2D eigenvalue weighted by Crippen LogP contribution is -2.35. The van der Waals surface area contributed by atoms with Gasteiger partial charge in [0.1, 0.15) is 11.0 Å². The van der Waals surface area contributed by atoms with E-state index in [2.05, 4.69) is 5.32 Å². The molecule has 7 heteroatoms. The van der Waals surface area contributed by atoms with Gasteiger partial charge in [-0.3, -0.25) is 9.00 Å². The lowest BCUT2D eigenvalue weighted by Gasteiger charge is -2.13. The number of hydrogen-bond donors (Lipinski definition) is 2. The van der Waals surface area contributed by atoms with Gasteiger partial charge in [-0.2, -0.15) is 0 Å². The molecule has 2 atom stereocenters. The topological polar surface area (TPSA) is 85.3 Å². The molecule has 0 bridgehead atoms. The van der Waals surface area contributed by atoms with E-state index >= 15 is 0 Å². The molecule has 0 saturated heterocycles. The van der Waals surface area contributed by atoms with Crippen LogP contribution in [0.15, 0.2) is 45.9 Å². The molecule has 0 saturated carbocycles. The number of nitrogens with one attached hydrogen (secondary N) is 1. The Bertz CT molecular complexity index is 658. The van der Waals surface area contributed by atoms with Gasteiger partial charge < -0.3 is 15.5 Å². The zero-order valence-corrected chi connectivity index (χ0v) is 12.9. The molecule has 1 aromatic carbocycles. The summed E-state index contributed by atoms with van der Waals surface area (Å²) in [5.74, 6) is 0.285. The molecular weight excluding hydrogens is 312 g/mol. The summed E-state index contributed by atoms with van der Waals surface area (Å²) in [6.45, 7) is 1.83. The SMILES string of the molecule is CC(C(=O)NCc1ccco1)S(=O)c1cc(Cl)ccc1N. The highest BCUT2D eigenvalue weighted by Crippen LogP contribution is 2.23. The fourth-order valence-corrected chi connectivity index (χ4v) is 3.14. The number of anilines is 1. The van der Waals surface area contributed by atoms with Crippen molar-refractivity contribution in [3.8, 4) is 0 Å². The highest BCUT2D eigenvalue weighted by atomic mass is 35.5. The van der Waals surface area contributed by atoms with Crippen LogP contribution in [-0.4, -0.2) is 15.4 Å². The Morgan fingerprint density at radius 3 is 2.90 bits per heavy atom. The number of amides is 1. The van der Waals surface area contributed by atoms with E-state index in [1.807, 2.05) is 0 Å². The largest absolute Gasteiger partial charge is 0.467 e. The van der Waals surface area contributed by atoms with Crippen molar-refractivity contribution in [3.63, 3.8) is 0 Å². The number of nitrogen functional groups attached to an aromatic ring is 1. The van der Waals surface area contributed by atoms with Gasteiger partial charge >= 0.3 is 0 Å². The second-order valence-electron chi connectivity index (χ2n) is 4.42. The summed E-state index contributed by atoms with van der Waals surface area (Å²) in [4.78, 5) is 12.4. The van der Waals surface area contributed by atoms with Gasteiger partial charge in [-0.05, 0) is 37.3 Å². The van der Waals surface area contributed by atoms with Crippen molar-refractivity contribution < 1.29 is 13.4 Å². The van der Waals surface area contributed by atoms with Gasteiger partial charge in [0.2, 0.25) is 5.91 Å². The van der Waals surface area contributed by atoms with Gasteiger partial charge in [0.15, 0.2) is 0 Å². The number of furan rings is 1. The standard InChI is InChI=1S/C14H15ClN2O3S/c1-9(14(18)17-8-11-3-2-6-20-11)21(19)13-7-10(15)4-5-12(13)16/h2-7,9H,8,16H2,1H3,(H,17,18). The molecule has 0 aliphatic heterocycles. The molecule has 112 valence electrons. The minimum atomic E-state index is -1.58. The zero-order chi connectivity index (χ0) is 15.4. The Labute approximate surface area is 129 Å². The monoisotopic (exact) mass is 326 g/mol. The molecule has 2 unspecified atom stereocenters. The number of hydrogen-bond acceptors (Lipinski definition) is 4. The van der Waals surface area contributed by atoms with Crippen molar-refractivity contribution in [1.82, 2.24) is 5.32 Å². The summed E-state index contributed by atoms with van der Waals surface area (Å²) in [7, 11) is -1.58. The number of rotatable bonds is 5. The van der Waals surface area contributed by atoms with E-state index in [1.165, 1.54) is 12.3 Å². The molecule has 0 spiro atoms. The summed E-state index contributed by atoms with van der Waals surface area (Å²) in [6, 6.07) is 8.18. The smallest absolute Gasteiger partial charge is 0.236 e. The van der Waals surface area contributed by atoms with Gasteiger partial charge in [-0.25, -0.2) is 0 Å². The predicted octanol–water partition coefficient (Wildman–Crippen LogP) is 2.33. The maximum atomic E-state index is 12.4. The summed E-state index contributed by atoms with van der Waals surface area (Å²) in [5, 5.41) is 2.35. The Morgan fingerprint density at radius 1 is 1.48 bits per heavy atom. The third kappa shape index (κ3) is 3.86. The second-order valence-corrected chi connectivity index (χ2v) is 6.60. The normalized spacial score (nSPS) is 13.6. The third-order valence-corrected chi connectivity index (χ3v) is 4.78. The third-order valence-electron chi connectivity index (χ3n) is 2.90. The molecule has 0 aliphatic rings. The highest BCUT2D eigenvalue weighted by Gasteiger charge is 2.23. The molecule has 21 heavy (non-hydrogen) atoms. The Morgan fingerprint density at radius 2 is 2.24 bits per heavy atom. The Balaban J connectivity index is 2.04. The fraction of sp³-hybridized carbons (Fsp3) is 0.214. The van der Waals surface area contributed by atoms with Gasteiger partial charge in [0, 0.05) is 10.7 Å². The van der Waals surface area contributed by atoms with E-state index in [-0.39, 0.29) is 12.5 Å².